The van der Waals surface area contributed by atoms with Crippen molar-refractivity contribution in [2.24, 2.45) is 0 Å². The van der Waals surface area contributed by atoms with Gasteiger partial charge in [0.05, 0.1) is 10.7 Å². The van der Waals surface area contributed by atoms with Crippen molar-refractivity contribution in [1.29, 1.82) is 0 Å². The molecule has 0 amide bonds. The quantitative estimate of drug-likeness (QED) is 0.820. The van der Waals surface area contributed by atoms with Gasteiger partial charge in [-0.25, -0.2) is 0 Å². The second-order valence-corrected chi connectivity index (χ2v) is 4.11. The van der Waals surface area contributed by atoms with Gasteiger partial charge in [-0.3, -0.25) is 0 Å². The Morgan fingerprint density at radius 3 is 2.80 bits per heavy atom. The van der Waals surface area contributed by atoms with Crippen LogP contribution in [0.5, 0.6) is 0 Å². The maximum Gasteiger partial charge on any atom is 0.0639 e. The molecule has 1 atom stereocenters. The molecule has 2 nitrogen and oxygen atoms in total. The van der Waals surface area contributed by atoms with Crippen LogP contribution < -0.4 is 10.2 Å². The lowest BCUT2D eigenvalue weighted by atomic mass is 10.2. The molecule has 84 valence electrons. The predicted molar refractivity (Wildman–Crippen MR) is 68.4 cm³/mol. The Hall–Kier alpha value is -0.440. The van der Waals surface area contributed by atoms with Crippen LogP contribution in [0, 0.1) is 0 Å². The Kier molecular flexibility index (Phi) is 4.71. The largest absolute Gasteiger partial charge is 0.365 e. The number of nitrogens with one attached hydrogen (secondary N) is 1. The third kappa shape index (κ3) is 2.77. The zero-order chi connectivity index (χ0) is 9.97. The van der Waals surface area contributed by atoms with E-state index in [1.54, 1.807) is 0 Å². The molecule has 0 aromatic heterocycles. The van der Waals surface area contributed by atoms with Gasteiger partial charge in [0.15, 0.2) is 0 Å². The van der Waals surface area contributed by atoms with E-state index < -0.39 is 0 Å². The van der Waals surface area contributed by atoms with Gasteiger partial charge in [0, 0.05) is 25.7 Å². The van der Waals surface area contributed by atoms with Gasteiger partial charge in [-0.1, -0.05) is 23.7 Å². The van der Waals surface area contributed by atoms with Gasteiger partial charge in [-0.2, -0.15) is 0 Å². The molecular formula is C11H16Cl2N2. The van der Waals surface area contributed by atoms with E-state index in [1.807, 2.05) is 18.2 Å². The Morgan fingerprint density at radius 2 is 2.13 bits per heavy atom. The first-order chi connectivity index (χ1) is 6.79. The highest BCUT2D eigenvalue weighted by Crippen LogP contribution is 2.27. The van der Waals surface area contributed by atoms with Crippen LogP contribution in [-0.4, -0.2) is 25.7 Å². The molecule has 1 aromatic rings. The van der Waals surface area contributed by atoms with Gasteiger partial charge in [-0.15, -0.1) is 12.4 Å². The van der Waals surface area contributed by atoms with E-state index in [9.17, 15) is 0 Å². The summed E-state index contributed by atoms with van der Waals surface area (Å²) in [5, 5.41) is 4.22. The fourth-order valence-corrected chi connectivity index (χ4v) is 2.13. The molecule has 15 heavy (non-hydrogen) atoms. The second kappa shape index (κ2) is 5.59. The van der Waals surface area contributed by atoms with Gasteiger partial charge in [-0.05, 0) is 19.1 Å². The molecule has 1 N–H and O–H groups in total. The predicted octanol–water partition coefficient (Wildman–Crippen LogP) is 2.56. The third-order valence-corrected chi connectivity index (χ3v) is 2.98. The zero-order valence-corrected chi connectivity index (χ0v) is 10.3. The lowest BCUT2D eigenvalue weighted by Gasteiger charge is -2.36. The van der Waals surface area contributed by atoms with Crippen molar-refractivity contribution >= 4 is 29.7 Å². The van der Waals surface area contributed by atoms with Crippen molar-refractivity contribution in [2.45, 2.75) is 13.0 Å². The van der Waals surface area contributed by atoms with Crippen molar-refractivity contribution in [3.05, 3.63) is 29.3 Å². The summed E-state index contributed by atoms with van der Waals surface area (Å²) in [7, 11) is 0. The summed E-state index contributed by atoms with van der Waals surface area (Å²) in [6, 6.07) is 8.56. The van der Waals surface area contributed by atoms with Crippen LogP contribution in [0.3, 0.4) is 0 Å². The lowest BCUT2D eigenvalue weighted by Crippen LogP contribution is -2.50. The molecule has 1 saturated heterocycles. The first kappa shape index (κ1) is 12.6. The van der Waals surface area contributed by atoms with Crippen molar-refractivity contribution in [1.82, 2.24) is 5.32 Å². The molecular weight excluding hydrogens is 231 g/mol. The number of benzene rings is 1. The number of hydrogen-bond acceptors (Lipinski definition) is 2. The van der Waals surface area contributed by atoms with Gasteiger partial charge in [0.25, 0.3) is 0 Å². The topological polar surface area (TPSA) is 15.3 Å². The Morgan fingerprint density at radius 1 is 1.40 bits per heavy atom. The third-order valence-electron chi connectivity index (χ3n) is 2.66. The Labute approximate surface area is 102 Å². The van der Waals surface area contributed by atoms with Crippen LogP contribution in [0.25, 0.3) is 0 Å². The van der Waals surface area contributed by atoms with Gasteiger partial charge < -0.3 is 10.2 Å². The Bertz CT molecular complexity index is 317. The average Bonchev–Trinajstić information content (AvgIpc) is 2.20. The minimum atomic E-state index is 0. The SMILES string of the molecule is CC1CNCCN1c1ccccc1Cl.Cl. The summed E-state index contributed by atoms with van der Waals surface area (Å²) < 4.78 is 0. The summed E-state index contributed by atoms with van der Waals surface area (Å²) in [6.07, 6.45) is 0. The molecule has 1 aromatic carbocycles. The molecule has 1 heterocycles. The van der Waals surface area contributed by atoms with E-state index in [0.717, 1.165) is 30.3 Å². The maximum atomic E-state index is 6.16. The highest BCUT2D eigenvalue weighted by molar-refractivity contribution is 6.33. The fourth-order valence-electron chi connectivity index (χ4n) is 1.88. The number of piperazine rings is 1. The van der Waals surface area contributed by atoms with Crippen LogP contribution in [0.2, 0.25) is 5.02 Å². The minimum Gasteiger partial charge on any atom is -0.365 e. The van der Waals surface area contributed by atoms with E-state index >= 15 is 0 Å². The van der Waals surface area contributed by atoms with Crippen LogP contribution in [0.1, 0.15) is 6.92 Å². The smallest absolute Gasteiger partial charge is 0.0639 e. The minimum absolute atomic E-state index is 0. The van der Waals surface area contributed by atoms with Crippen molar-refractivity contribution < 1.29 is 0 Å². The summed E-state index contributed by atoms with van der Waals surface area (Å²) in [5.74, 6) is 0. The van der Waals surface area contributed by atoms with E-state index in [-0.39, 0.29) is 12.4 Å². The number of halogens is 2. The zero-order valence-electron chi connectivity index (χ0n) is 8.74. The number of anilines is 1. The number of para-hydroxylation sites is 1. The van der Waals surface area contributed by atoms with Crippen molar-refractivity contribution in [3.8, 4) is 0 Å². The van der Waals surface area contributed by atoms with Crippen LogP contribution in [0.15, 0.2) is 24.3 Å². The first-order valence-electron chi connectivity index (χ1n) is 5.01. The van der Waals surface area contributed by atoms with Gasteiger partial charge in [0.2, 0.25) is 0 Å². The van der Waals surface area contributed by atoms with Crippen molar-refractivity contribution in [2.75, 3.05) is 24.5 Å². The summed E-state index contributed by atoms with van der Waals surface area (Å²) in [4.78, 5) is 2.36. The number of nitrogens with zero attached hydrogens (tertiary/aromatic N) is 1. The molecule has 0 radical (unpaired) electrons. The molecule has 1 unspecified atom stereocenters. The Balaban J connectivity index is 0.00000112. The monoisotopic (exact) mass is 246 g/mol. The molecule has 1 fully saturated rings. The molecule has 1 aliphatic heterocycles. The van der Waals surface area contributed by atoms with E-state index in [0.29, 0.717) is 6.04 Å². The normalized spacial score (nSPS) is 20.9. The van der Waals surface area contributed by atoms with E-state index in [2.05, 4.69) is 23.2 Å². The van der Waals surface area contributed by atoms with Crippen molar-refractivity contribution in [3.63, 3.8) is 0 Å². The highest BCUT2D eigenvalue weighted by Gasteiger charge is 2.19. The molecule has 0 spiro atoms. The molecule has 0 saturated carbocycles. The van der Waals surface area contributed by atoms with E-state index in [4.69, 9.17) is 11.6 Å². The summed E-state index contributed by atoms with van der Waals surface area (Å²) >= 11 is 6.16. The van der Waals surface area contributed by atoms with Crippen LogP contribution in [0.4, 0.5) is 5.69 Å². The number of rotatable bonds is 1. The van der Waals surface area contributed by atoms with E-state index in [1.165, 1.54) is 0 Å². The summed E-state index contributed by atoms with van der Waals surface area (Å²) in [5.41, 5.74) is 1.16. The fraction of sp³-hybridized carbons (Fsp3) is 0.455. The molecule has 0 bridgehead atoms. The lowest BCUT2D eigenvalue weighted by molar-refractivity contribution is 0.501. The molecule has 2 rings (SSSR count). The van der Waals surface area contributed by atoms with Gasteiger partial charge in [0.1, 0.15) is 0 Å². The van der Waals surface area contributed by atoms with Crippen LogP contribution in [-0.2, 0) is 0 Å². The molecule has 0 aliphatic carbocycles. The maximum absolute atomic E-state index is 6.16. The molecule has 1 aliphatic rings. The highest BCUT2D eigenvalue weighted by atomic mass is 35.5. The van der Waals surface area contributed by atoms with Crippen LogP contribution >= 0.6 is 24.0 Å². The summed E-state index contributed by atoms with van der Waals surface area (Å²) in [6.45, 7) is 5.32. The molecule has 4 heteroatoms. The number of hydrogen-bond donors (Lipinski definition) is 1. The van der Waals surface area contributed by atoms with Gasteiger partial charge >= 0.3 is 0 Å². The first-order valence-corrected chi connectivity index (χ1v) is 5.39. The second-order valence-electron chi connectivity index (χ2n) is 3.70. The standard InChI is InChI=1S/C11H15ClN2.ClH/c1-9-8-13-6-7-14(9)11-5-3-2-4-10(11)12;/h2-5,9,13H,6-8H2,1H3;1H. The average molecular weight is 247 g/mol.